The standard InChI is InChI=1S/C13H14N4S2/c14-12(18)11-13(16-6-5-15-11)17-9-2-1-3-10-8(9)4-7-19-10/h4-7,9H,1-3H2,(H2,14,18)(H,16,17). The molecule has 1 unspecified atom stereocenters. The Kier molecular flexibility index (Phi) is 3.44. The number of nitrogens with zero attached hydrogens (tertiary/aromatic N) is 2. The van der Waals surface area contributed by atoms with Gasteiger partial charge in [0.1, 0.15) is 10.7 Å². The van der Waals surface area contributed by atoms with Crippen LogP contribution in [0, 0.1) is 0 Å². The molecule has 0 aromatic carbocycles. The van der Waals surface area contributed by atoms with Crippen LogP contribution in [0.4, 0.5) is 5.82 Å². The number of nitrogens with two attached hydrogens (primary N) is 1. The molecule has 1 aliphatic carbocycles. The van der Waals surface area contributed by atoms with Gasteiger partial charge in [-0.25, -0.2) is 9.97 Å². The minimum atomic E-state index is 0.275. The van der Waals surface area contributed by atoms with Crippen molar-refractivity contribution in [3.05, 3.63) is 40.0 Å². The van der Waals surface area contributed by atoms with Crippen molar-refractivity contribution >= 4 is 34.4 Å². The summed E-state index contributed by atoms with van der Waals surface area (Å²) in [5.41, 5.74) is 7.63. The van der Waals surface area contributed by atoms with Crippen molar-refractivity contribution in [3.8, 4) is 0 Å². The Morgan fingerprint density at radius 3 is 3.11 bits per heavy atom. The molecule has 2 aromatic heterocycles. The topological polar surface area (TPSA) is 63.8 Å². The van der Waals surface area contributed by atoms with E-state index in [0.717, 1.165) is 6.42 Å². The molecular formula is C13H14N4S2. The average molecular weight is 290 g/mol. The van der Waals surface area contributed by atoms with Gasteiger partial charge in [0.2, 0.25) is 0 Å². The van der Waals surface area contributed by atoms with E-state index in [2.05, 4.69) is 26.7 Å². The molecule has 0 aliphatic heterocycles. The molecule has 0 fully saturated rings. The number of nitrogens with one attached hydrogen (secondary N) is 1. The van der Waals surface area contributed by atoms with Crippen molar-refractivity contribution in [1.82, 2.24) is 9.97 Å². The minimum Gasteiger partial charge on any atom is -0.388 e. The van der Waals surface area contributed by atoms with E-state index in [1.807, 2.05) is 11.3 Å². The Bertz CT molecular complexity index is 608. The molecule has 1 aliphatic rings. The van der Waals surface area contributed by atoms with Crippen LogP contribution in [0.1, 0.15) is 35.0 Å². The molecule has 2 heterocycles. The molecule has 0 bridgehead atoms. The normalized spacial score (nSPS) is 17.8. The van der Waals surface area contributed by atoms with Gasteiger partial charge < -0.3 is 11.1 Å². The summed E-state index contributed by atoms with van der Waals surface area (Å²) in [4.78, 5) is 10.2. The summed E-state index contributed by atoms with van der Waals surface area (Å²) in [6.45, 7) is 0. The first kappa shape index (κ1) is 12.5. The highest BCUT2D eigenvalue weighted by Gasteiger charge is 2.22. The van der Waals surface area contributed by atoms with E-state index in [-0.39, 0.29) is 11.0 Å². The Labute approximate surface area is 121 Å². The highest BCUT2D eigenvalue weighted by atomic mass is 32.1. The van der Waals surface area contributed by atoms with Crippen molar-refractivity contribution in [3.63, 3.8) is 0 Å². The lowest BCUT2D eigenvalue weighted by molar-refractivity contribution is 0.606. The van der Waals surface area contributed by atoms with E-state index in [4.69, 9.17) is 18.0 Å². The first-order valence-corrected chi connectivity index (χ1v) is 7.48. The van der Waals surface area contributed by atoms with Crippen LogP contribution in [-0.2, 0) is 6.42 Å². The summed E-state index contributed by atoms with van der Waals surface area (Å²) in [6, 6.07) is 2.47. The monoisotopic (exact) mass is 290 g/mol. The fourth-order valence-corrected chi connectivity index (χ4v) is 3.56. The highest BCUT2D eigenvalue weighted by molar-refractivity contribution is 7.80. The summed E-state index contributed by atoms with van der Waals surface area (Å²) >= 11 is 6.84. The van der Waals surface area contributed by atoms with Crippen molar-refractivity contribution in [2.45, 2.75) is 25.3 Å². The molecule has 6 heteroatoms. The summed E-state index contributed by atoms with van der Waals surface area (Å²) in [5.74, 6) is 0.680. The zero-order chi connectivity index (χ0) is 13.2. The largest absolute Gasteiger partial charge is 0.388 e. The molecule has 19 heavy (non-hydrogen) atoms. The Morgan fingerprint density at radius 2 is 2.26 bits per heavy atom. The number of fused-ring (bicyclic) bond motifs is 1. The zero-order valence-corrected chi connectivity index (χ0v) is 11.9. The predicted octanol–water partition coefficient (Wildman–Crippen LogP) is 2.66. The van der Waals surface area contributed by atoms with Crippen LogP contribution in [0.2, 0.25) is 0 Å². The summed E-state index contributed by atoms with van der Waals surface area (Å²) in [7, 11) is 0. The number of rotatable bonds is 3. The molecule has 0 amide bonds. The number of thiophene rings is 1. The quantitative estimate of drug-likeness (QED) is 0.851. The maximum atomic E-state index is 5.69. The van der Waals surface area contributed by atoms with Gasteiger partial charge in [-0.3, -0.25) is 0 Å². The van der Waals surface area contributed by atoms with E-state index in [1.165, 1.54) is 23.3 Å². The van der Waals surface area contributed by atoms with E-state index < -0.39 is 0 Å². The van der Waals surface area contributed by atoms with Gasteiger partial charge in [-0.05, 0) is 36.3 Å². The lowest BCUT2D eigenvalue weighted by Crippen LogP contribution is -2.21. The number of aryl methyl sites for hydroxylation is 1. The molecule has 1 atom stereocenters. The number of aromatic nitrogens is 2. The van der Waals surface area contributed by atoms with E-state index in [0.29, 0.717) is 11.5 Å². The molecule has 0 radical (unpaired) electrons. The van der Waals surface area contributed by atoms with Gasteiger partial charge in [-0.1, -0.05) is 12.2 Å². The molecule has 3 rings (SSSR count). The smallest absolute Gasteiger partial charge is 0.155 e. The predicted molar refractivity (Wildman–Crippen MR) is 81.5 cm³/mol. The van der Waals surface area contributed by atoms with Crippen LogP contribution in [0.15, 0.2) is 23.8 Å². The molecule has 4 nitrogen and oxygen atoms in total. The van der Waals surface area contributed by atoms with Crippen LogP contribution in [0.3, 0.4) is 0 Å². The lowest BCUT2D eigenvalue weighted by atomic mass is 9.94. The third-order valence-corrected chi connectivity index (χ3v) is 4.48. The number of hydrogen-bond acceptors (Lipinski definition) is 5. The first-order valence-electron chi connectivity index (χ1n) is 6.19. The SMILES string of the molecule is NC(=S)c1nccnc1NC1CCCc2sccc21. The van der Waals surface area contributed by atoms with E-state index in [9.17, 15) is 0 Å². The summed E-state index contributed by atoms with van der Waals surface area (Å²) < 4.78 is 0. The second kappa shape index (κ2) is 5.22. The summed E-state index contributed by atoms with van der Waals surface area (Å²) in [5, 5.41) is 5.59. The Morgan fingerprint density at radius 1 is 1.42 bits per heavy atom. The minimum absolute atomic E-state index is 0.275. The van der Waals surface area contributed by atoms with Gasteiger partial charge in [0.15, 0.2) is 5.82 Å². The number of thiocarbonyl (C=S) groups is 1. The zero-order valence-electron chi connectivity index (χ0n) is 10.3. The lowest BCUT2D eigenvalue weighted by Gasteiger charge is -2.24. The maximum absolute atomic E-state index is 5.69. The van der Waals surface area contributed by atoms with Gasteiger partial charge in [0.05, 0.1) is 6.04 Å². The third kappa shape index (κ3) is 2.46. The second-order valence-electron chi connectivity index (χ2n) is 4.51. The second-order valence-corrected chi connectivity index (χ2v) is 5.95. The first-order chi connectivity index (χ1) is 9.25. The van der Waals surface area contributed by atoms with E-state index >= 15 is 0 Å². The fraction of sp³-hybridized carbons (Fsp3) is 0.308. The molecule has 0 spiro atoms. The van der Waals surface area contributed by atoms with Crippen LogP contribution in [-0.4, -0.2) is 15.0 Å². The van der Waals surface area contributed by atoms with Gasteiger partial charge in [0.25, 0.3) is 0 Å². The third-order valence-electron chi connectivity index (χ3n) is 3.29. The van der Waals surface area contributed by atoms with Crippen molar-refractivity contribution < 1.29 is 0 Å². The molecular weight excluding hydrogens is 276 g/mol. The molecule has 2 aromatic rings. The molecule has 3 N–H and O–H groups in total. The average Bonchev–Trinajstić information content (AvgIpc) is 2.88. The van der Waals surface area contributed by atoms with E-state index in [1.54, 1.807) is 12.4 Å². The number of anilines is 1. The van der Waals surface area contributed by atoms with Crippen LogP contribution >= 0.6 is 23.6 Å². The number of hydrogen-bond donors (Lipinski definition) is 2. The maximum Gasteiger partial charge on any atom is 0.155 e. The van der Waals surface area contributed by atoms with Crippen LogP contribution in [0.5, 0.6) is 0 Å². The van der Waals surface area contributed by atoms with Crippen LogP contribution in [0.25, 0.3) is 0 Å². The molecule has 98 valence electrons. The van der Waals surface area contributed by atoms with Gasteiger partial charge >= 0.3 is 0 Å². The van der Waals surface area contributed by atoms with Gasteiger partial charge in [-0.2, -0.15) is 0 Å². The Hall–Kier alpha value is -1.53. The van der Waals surface area contributed by atoms with Crippen LogP contribution < -0.4 is 11.1 Å². The fourth-order valence-electron chi connectivity index (χ4n) is 2.43. The van der Waals surface area contributed by atoms with Crippen molar-refractivity contribution in [2.75, 3.05) is 5.32 Å². The summed E-state index contributed by atoms with van der Waals surface area (Å²) in [6.07, 6.45) is 6.72. The molecule has 0 saturated carbocycles. The van der Waals surface area contributed by atoms with Crippen molar-refractivity contribution in [1.29, 1.82) is 0 Å². The van der Waals surface area contributed by atoms with Crippen molar-refractivity contribution in [2.24, 2.45) is 5.73 Å². The Balaban J connectivity index is 1.90. The van der Waals surface area contributed by atoms with Gasteiger partial charge in [0, 0.05) is 17.3 Å². The van der Waals surface area contributed by atoms with Gasteiger partial charge in [-0.15, -0.1) is 11.3 Å². The highest BCUT2D eigenvalue weighted by Crippen LogP contribution is 2.35. The molecule has 0 saturated heterocycles.